The number of nitrogens with one attached hydrogen (secondary N) is 1. The van der Waals surface area contributed by atoms with E-state index >= 15 is 0 Å². The molecule has 0 aliphatic carbocycles. The molecule has 0 spiro atoms. The normalized spacial score (nSPS) is 9.67. The van der Waals surface area contributed by atoms with Crippen molar-refractivity contribution < 1.29 is 0 Å². The summed E-state index contributed by atoms with van der Waals surface area (Å²) in [5.41, 5.74) is 0. The van der Waals surface area contributed by atoms with Gasteiger partial charge in [0.15, 0.2) is 5.82 Å². The van der Waals surface area contributed by atoms with Crippen molar-refractivity contribution >= 4 is 52.9 Å². The summed E-state index contributed by atoms with van der Waals surface area (Å²) in [6, 6.07) is 7.67. The van der Waals surface area contributed by atoms with Crippen molar-refractivity contribution in [1.82, 2.24) is 20.6 Å². The molecule has 15 heavy (non-hydrogen) atoms. The van der Waals surface area contributed by atoms with Crippen LogP contribution in [0, 0.1) is 0 Å². The third-order valence-corrected chi connectivity index (χ3v) is 2.78. The van der Waals surface area contributed by atoms with Gasteiger partial charge in [-0.1, -0.05) is 22.9 Å². The number of hydrogen-bond donors (Lipinski definition) is 1. The molecule has 1 aromatic heterocycles. The Morgan fingerprint density at radius 3 is 2.93 bits per heavy atom. The van der Waals surface area contributed by atoms with E-state index in [2.05, 4.69) is 20.6 Å². The first-order valence-corrected chi connectivity index (χ1v) is 5.31. The predicted octanol–water partition coefficient (Wildman–Crippen LogP) is 1.76. The summed E-state index contributed by atoms with van der Waals surface area (Å²) in [4.78, 5) is 1.10. The average molecular weight is 250 g/mol. The van der Waals surface area contributed by atoms with Crippen molar-refractivity contribution in [2.75, 3.05) is 0 Å². The standard InChI is InChI=1S/C8H7ClN4S.Na/c9-6-2-1-3-7(4-6)14-5-8-10-12-13-11-8;/h1-4H,5H2,(H,10,11,12,13);. The quantitative estimate of drug-likeness (QED) is 0.665. The van der Waals surface area contributed by atoms with Gasteiger partial charge in [0, 0.05) is 39.5 Å². The molecule has 0 saturated heterocycles. The van der Waals surface area contributed by atoms with E-state index in [-0.39, 0.29) is 29.6 Å². The molecule has 2 rings (SSSR count). The van der Waals surface area contributed by atoms with E-state index in [1.807, 2.05) is 24.3 Å². The summed E-state index contributed by atoms with van der Waals surface area (Å²) < 4.78 is 0. The fraction of sp³-hybridized carbons (Fsp3) is 0.125. The van der Waals surface area contributed by atoms with Crippen molar-refractivity contribution in [3.63, 3.8) is 0 Å². The Labute approximate surface area is 118 Å². The molecular formula is C8H7ClN4NaS. The Morgan fingerprint density at radius 1 is 1.40 bits per heavy atom. The fourth-order valence-corrected chi connectivity index (χ4v) is 2.01. The third-order valence-electron chi connectivity index (χ3n) is 1.55. The van der Waals surface area contributed by atoms with Gasteiger partial charge >= 0.3 is 0 Å². The van der Waals surface area contributed by atoms with Crippen LogP contribution in [-0.2, 0) is 5.75 Å². The number of thioether (sulfide) groups is 1. The van der Waals surface area contributed by atoms with Crippen LogP contribution < -0.4 is 0 Å². The van der Waals surface area contributed by atoms with Crippen LogP contribution in [0.3, 0.4) is 0 Å². The molecule has 0 bridgehead atoms. The summed E-state index contributed by atoms with van der Waals surface area (Å²) in [5, 5.41) is 14.3. The minimum absolute atomic E-state index is 0. The Balaban J connectivity index is 0.00000112. The smallest absolute Gasteiger partial charge is 0.177 e. The molecule has 1 N–H and O–H groups in total. The van der Waals surface area contributed by atoms with Crippen molar-refractivity contribution in [1.29, 1.82) is 0 Å². The average Bonchev–Trinajstić information content (AvgIpc) is 2.67. The Morgan fingerprint density at radius 2 is 2.27 bits per heavy atom. The van der Waals surface area contributed by atoms with Gasteiger partial charge in [0.25, 0.3) is 0 Å². The first kappa shape index (κ1) is 13.0. The minimum atomic E-state index is 0. The largest absolute Gasteiger partial charge is 0.184 e. The minimum Gasteiger partial charge on any atom is -0.177 e. The molecule has 73 valence electrons. The molecule has 0 aliphatic rings. The second kappa shape index (κ2) is 6.50. The van der Waals surface area contributed by atoms with Gasteiger partial charge in [-0.3, -0.25) is 0 Å². The molecule has 1 aromatic carbocycles. The van der Waals surface area contributed by atoms with Crippen LogP contribution in [0.2, 0.25) is 5.02 Å². The van der Waals surface area contributed by atoms with Crippen LogP contribution in [0.4, 0.5) is 0 Å². The number of nitrogens with zero attached hydrogens (tertiary/aromatic N) is 3. The SMILES string of the molecule is Clc1cccc(SCc2nn[nH]n2)c1.[Na]. The van der Waals surface area contributed by atoms with Gasteiger partial charge in [-0.2, -0.15) is 5.21 Å². The van der Waals surface area contributed by atoms with Crippen LogP contribution in [0.5, 0.6) is 0 Å². The first-order valence-electron chi connectivity index (χ1n) is 3.95. The van der Waals surface area contributed by atoms with Gasteiger partial charge in [-0.25, -0.2) is 0 Å². The number of tetrazole rings is 1. The Hall–Kier alpha value is -0.0700. The zero-order valence-electron chi connectivity index (χ0n) is 8.14. The second-order valence-electron chi connectivity index (χ2n) is 2.57. The van der Waals surface area contributed by atoms with Gasteiger partial charge in [-0.15, -0.1) is 22.0 Å². The number of rotatable bonds is 3. The van der Waals surface area contributed by atoms with E-state index in [0.29, 0.717) is 11.6 Å². The number of hydrogen-bond acceptors (Lipinski definition) is 4. The number of halogens is 1. The second-order valence-corrected chi connectivity index (χ2v) is 4.06. The maximum Gasteiger partial charge on any atom is 0.184 e. The summed E-state index contributed by atoms with van der Waals surface area (Å²) >= 11 is 7.47. The van der Waals surface area contributed by atoms with Gasteiger partial charge in [0.2, 0.25) is 0 Å². The predicted molar refractivity (Wildman–Crippen MR) is 60.9 cm³/mol. The van der Waals surface area contributed by atoms with E-state index in [4.69, 9.17) is 11.6 Å². The van der Waals surface area contributed by atoms with Crippen molar-refractivity contribution in [3.8, 4) is 0 Å². The topological polar surface area (TPSA) is 54.5 Å². The number of H-pyrrole nitrogens is 1. The van der Waals surface area contributed by atoms with Crippen molar-refractivity contribution in [3.05, 3.63) is 35.1 Å². The van der Waals surface area contributed by atoms with Crippen LogP contribution in [0.25, 0.3) is 0 Å². The van der Waals surface area contributed by atoms with E-state index in [1.165, 1.54) is 0 Å². The molecule has 0 atom stereocenters. The molecule has 1 heterocycles. The van der Waals surface area contributed by atoms with Gasteiger partial charge in [-0.05, 0) is 18.2 Å². The monoisotopic (exact) mass is 249 g/mol. The van der Waals surface area contributed by atoms with Crippen molar-refractivity contribution in [2.24, 2.45) is 0 Å². The summed E-state index contributed by atoms with van der Waals surface area (Å²) in [7, 11) is 0. The zero-order chi connectivity index (χ0) is 9.80. The fourth-order valence-electron chi connectivity index (χ4n) is 0.948. The molecule has 0 unspecified atom stereocenters. The number of aromatic amines is 1. The molecule has 2 aromatic rings. The van der Waals surface area contributed by atoms with Crippen LogP contribution in [0.15, 0.2) is 29.2 Å². The number of aromatic nitrogens is 4. The molecule has 0 aliphatic heterocycles. The molecule has 0 saturated carbocycles. The van der Waals surface area contributed by atoms with Gasteiger partial charge in [0.1, 0.15) is 0 Å². The third kappa shape index (κ3) is 4.12. The van der Waals surface area contributed by atoms with E-state index in [0.717, 1.165) is 9.92 Å². The van der Waals surface area contributed by atoms with E-state index in [1.54, 1.807) is 11.8 Å². The Kier molecular flexibility index (Phi) is 5.63. The van der Waals surface area contributed by atoms with E-state index in [9.17, 15) is 0 Å². The van der Waals surface area contributed by atoms with Gasteiger partial charge in [0.05, 0.1) is 5.75 Å². The molecule has 4 nitrogen and oxygen atoms in total. The number of benzene rings is 1. The maximum atomic E-state index is 5.84. The van der Waals surface area contributed by atoms with Crippen LogP contribution in [0.1, 0.15) is 5.82 Å². The molecule has 7 heteroatoms. The first-order chi connectivity index (χ1) is 6.84. The molecule has 0 amide bonds. The van der Waals surface area contributed by atoms with Crippen LogP contribution >= 0.6 is 23.4 Å². The van der Waals surface area contributed by atoms with E-state index < -0.39 is 0 Å². The van der Waals surface area contributed by atoms with Crippen LogP contribution in [-0.4, -0.2) is 50.2 Å². The maximum absolute atomic E-state index is 5.84. The summed E-state index contributed by atoms with van der Waals surface area (Å²) in [5.74, 6) is 1.38. The summed E-state index contributed by atoms with van der Waals surface area (Å²) in [6.45, 7) is 0. The van der Waals surface area contributed by atoms with Gasteiger partial charge < -0.3 is 0 Å². The van der Waals surface area contributed by atoms with Crippen molar-refractivity contribution in [2.45, 2.75) is 10.6 Å². The molecule has 0 fully saturated rings. The Bertz CT molecular complexity index is 409. The molecular weight excluding hydrogens is 243 g/mol. The summed E-state index contributed by atoms with van der Waals surface area (Å²) in [6.07, 6.45) is 0. The molecule has 1 radical (unpaired) electrons. The zero-order valence-corrected chi connectivity index (χ0v) is 11.7.